The van der Waals surface area contributed by atoms with Gasteiger partial charge in [-0.15, -0.1) is 0 Å². The molecule has 0 amide bonds. The Hall–Kier alpha value is -5.40. The summed E-state index contributed by atoms with van der Waals surface area (Å²) in [6, 6.07) is 43.6. The van der Waals surface area contributed by atoms with Gasteiger partial charge in [-0.25, -0.2) is 0 Å². The normalized spacial score (nSPS) is 12.1. The summed E-state index contributed by atoms with van der Waals surface area (Å²) < 4.78 is 39.8. The van der Waals surface area contributed by atoms with Crippen LogP contribution in [-0.2, 0) is 0 Å². The third-order valence-electron chi connectivity index (χ3n) is 10.7. The van der Waals surface area contributed by atoms with Crippen LogP contribution in [0.2, 0.25) is 10.0 Å². The van der Waals surface area contributed by atoms with Crippen molar-refractivity contribution < 1.29 is 26.5 Å². The number of rotatable bonds is 2. The van der Waals surface area contributed by atoms with Crippen molar-refractivity contribution in [2.24, 2.45) is 0 Å². The lowest BCUT2D eigenvalue weighted by Crippen LogP contribution is -1.82. The summed E-state index contributed by atoms with van der Waals surface area (Å²) in [7, 11) is 0. The van der Waals surface area contributed by atoms with E-state index < -0.39 is 0 Å². The fourth-order valence-corrected chi connectivity index (χ4v) is 10.3. The van der Waals surface area contributed by atoms with Gasteiger partial charge in [0.1, 0.15) is 27.9 Å². The lowest BCUT2D eigenvalue weighted by Gasteiger charge is -2.00. The molecule has 0 aliphatic rings. The molecule has 13 rings (SSSR count). The van der Waals surface area contributed by atoms with Crippen LogP contribution in [0, 0.1) is 7.14 Å². The summed E-state index contributed by atoms with van der Waals surface area (Å²) in [6.45, 7) is 0. The number of para-hydroxylation sites is 6. The van der Waals surface area contributed by atoms with Crippen molar-refractivity contribution in [1.82, 2.24) is 0 Å². The maximum Gasteiger partial charge on any atom is 0.184 e. The molecule has 0 radical (unpaired) electrons. The van der Waals surface area contributed by atoms with Crippen LogP contribution < -0.4 is 0 Å². The summed E-state index contributed by atoms with van der Waals surface area (Å²) >= 11 is 17.6. The zero-order valence-corrected chi connectivity index (χ0v) is 35.5. The summed E-state index contributed by atoms with van der Waals surface area (Å²) in [5.74, 6) is 2.05. The molecule has 0 saturated heterocycles. The van der Waals surface area contributed by atoms with Crippen LogP contribution >= 0.6 is 68.4 Å². The summed E-state index contributed by atoms with van der Waals surface area (Å²) in [5.41, 5.74) is 7.62. The number of benzene rings is 7. The predicted molar refractivity (Wildman–Crippen MR) is 250 cm³/mol. The SMILES string of the molecule is Clc1cccc2c(-c3oc4ccccc4c3I)c(-c3oc4ccccc4c3I)oc12.Clc1cccc2c1oc1c3oc4ccccc4c3c3c4ccccc4oc3c21. The molecule has 0 atom stereocenters. The van der Waals surface area contributed by atoms with E-state index in [-0.39, 0.29) is 0 Å². The van der Waals surface area contributed by atoms with E-state index in [1.54, 1.807) is 0 Å². The van der Waals surface area contributed by atoms with Gasteiger partial charge in [0, 0.05) is 43.1 Å². The monoisotopic (exact) mass is 1020 g/mol. The molecule has 278 valence electrons. The first-order valence-electron chi connectivity index (χ1n) is 18.3. The lowest BCUT2D eigenvalue weighted by atomic mass is 10.0. The van der Waals surface area contributed by atoms with Gasteiger partial charge in [0.15, 0.2) is 39.6 Å². The maximum atomic E-state index is 6.50. The first-order chi connectivity index (χ1) is 28.4. The van der Waals surface area contributed by atoms with E-state index in [1.807, 2.05) is 115 Å². The Morgan fingerprint density at radius 3 is 1.34 bits per heavy atom. The van der Waals surface area contributed by atoms with Gasteiger partial charge in [0.05, 0.1) is 28.1 Å². The van der Waals surface area contributed by atoms with Crippen molar-refractivity contribution in [3.05, 3.63) is 151 Å². The van der Waals surface area contributed by atoms with Gasteiger partial charge in [-0.3, -0.25) is 0 Å². The molecule has 6 heterocycles. The standard InChI is InChI=1S/C24H11ClI2O3.C24H11ClO3/c25-15-9-5-8-14-18(22-19(26)12-6-1-3-10-16(12)28-22)23(30-21(14)15)24-20(27)13-7-2-4-11-17(13)29-24;25-15-9-5-8-14-20-22-18(12-6-1-3-10-16(12)26-22)19-13-7-2-4-11-17(13)27-23(19)24(20)28-21(14)15/h1-11H;1-11H. The highest BCUT2D eigenvalue weighted by Crippen LogP contribution is 2.50. The van der Waals surface area contributed by atoms with Gasteiger partial charge >= 0.3 is 0 Å². The minimum absolute atomic E-state index is 0.553. The third-order valence-corrected chi connectivity index (χ3v) is 13.4. The van der Waals surface area contributed by atoms with Crippen molar-refractivity contribution in [3.63, 3.8) is 0 Å². The summed E-state index contributed by atoms with van der Waals surface area (Å²) in [6.07, 6.45) is 0. The Bertz CT molecular complexity index is 3820. The third kappa shape index (κ3) is 4.95. The van der Waals surface area contributed by atoms with Crippen LogP contribution in [-0.4, -0.2) is 0 Å². The van der Waals surface area contributed by atoms with E-state index in [2.05, 4.69) is 63.4 Å². The molecule has 0 unspecified atom stereocenters. The quantitative estimate of drug-likeness (QED) is 0.161. The van der Waals surface area contributed by atoms with Crippen molar-refractivity contribution >= 4 is 167 Å². The van der Waals surface area contributed by atoms with Crippen LogP contribution in [0.3, 0.4) is 0 Å². The molecule has 58 heavy (non-hydrogen) atoms. The summed E-state index contributed by atoms with van der Waals surface area (Å²) in [4.78, 5) is 0. The van der Waals surface area contributed by atoms with Gasteiger partial charge < -0.3 is 26.5 Å². The zero-order valence-electron chi connectivity index (χ0n) is 29.7. The Kier molecular flexibility index (Phi) is 7.79. The number of furan rings is 6. The molecule has 0 fully saturated rings. The number of fused-ring (bicyclic) bond motifs is 15. The molecule has 0 spiro atoms. The second kappa shape index (κ2) is 13.1. The van der Waals surface area contributed by atoms with E-state index in [4.69, 9.17) is 49.7 Å². The number of halogens is 4. The first kappa shape index (κ1) is 34.6. The minimum atomic E-state index is 0.553. The van der Waals surface area contributed by atoms with E-state index in [0.29, 0.717) is 38.3 Å². The molecule has 6 nitrogen and oxygen atoms in total. The van der Waals surface area contributed by atoms with Crippen molar-refractivity contribution in [2.75, 3.05) is 0 Å². The molecule has 10 heteroatoms. The van der Waals surface area contributed by atoms with E-state index in [1.165, 1.54) is 0 Å². The molecule has 7 aromatic carbocycles. The topological polar surface area (TPSA) is 78.8 Å². The maximum absolute atomic E-state index is 6.50. The van der Waals surface area contributed by atoms with Crippen molar-refractivity contribution in [1.29, 1.82) is 0 Å². The van der Waals surface area contributed by atoms with Crippen LogP contribution in [0.25, 0.3) is 122 Å². The molecule has 0 N–H and O–H groups in total. The van der Waals surface area contributed by atoms with Crippen LogP contribution in [0.4, 0.5) is 0 Å². The van der Waals surface area contributed by atoms with E-state index >= 15 is 0 Å². The van der Waals surface area contributed by atoms with Gasteiger partial charge in [0.25, 0.3) is 0 Å². The highest BCUT2D eigenvalue weighted by Gasteiger charge is 2.29. The van der Waals surface area contributed by atoms with E-state index in [9.17, 15) is 0 Å². The highest BCUT2D eigenvalue weighted by atomic mass is 127. The lowest BCUT2D eigenvalue weighted by molar-refractivity contribution is 0.565. The summed E-state index contributed by atoms with van der Waals surface area (Å²) in [5, 5.41) is 10.1. The molecule has 6 aromatic heterocycles. The van der Waals surface area contributed by atoms with Gasteiger partial charge in [-0.05, 0) is 81.6 Å². The second-order valence-electron chi connectivity index (χ2n) is 13.9. The minimum Gasteiger partial charge on any atom is -0.455 e. The molecule has 0 saturated carbocycles. The zero-order chi connectivity index (χ0) is 38.8. The predicted octanol–water partition coefficient (Wildman–Crippen LogP) is 17.2. The first-order valence-corrected chi connectivity index (χ1v) is 21.2. The average molecular weight is 1020 g/mol. The van der Waals surface area contributed by atoms with Crippen LogP contribution in [0.1, 0.15) is 0 Å². The smallest absolute Gasteiger partial charge is 0.184 e. The largest absolute Gasteiger partial charge is 0.455 e. The van der Waals surface area contributed by atoms with Gasteiger partial charge in [-0.1, -0.05) is 120 Å². The number of hydrogen-bond donors (Lipinski definition) is 0. The number of hydrogen-bond acceptors (Lipinski definition) is 6. The second-order valence-corrected chi connectivity index (χ2v) is 16.9. The van der Waals surface area contributed by atoms with Crippen LogP contribution in [0.15, 0.2) is 160 Å². The highest BCUT2D eigenvalue weighted by molar-refractivity contribution is 14.1. The van der Waals surface area contributed by atoms with Gasteiger partial charge in [-0.2, -0.15) is 0 Å². The Morgan fingerprint density at radius 2 is 0.741 bits per heavy atom. The van der Waals surface area contributed by atoms with E-state index in [0.717, 1.165) is 100 Å². The molecule has 0 aliphatic carbocycles. The molecular weight excluding hydrogens is 997 g/mol. The average Bonchev–Trinajstić information content (AvgIpc) is 4.10. The van der Waals surface area contributed by atoms with Crippen LogP contribution in [0.5, 0.6) is 0 Å². The van der Waals surface area contributed by atoms with Crippen molar-refractivity contribution in [2.45, 2.75) is 0 Å². The van der Waals surface area contributed by atoms with Crippen molar-refractivity contribution in [3.8, 4) is 22.8 Å². The Morgan fingerprint density at radius 1 is 0.310 bits per heavy atom. The fourth-order valence-electron chi connectivity index (χ4n) is 8.20. The van der Waals surface area contributed by atoms with Gasteiger partial charge in [0.2, 0.25) is 0 Å². The molecule has 0 bridgehead atoms. The molecular formula is C48H22Cl2I2O6. The Labute approximate surface area is 364 Å². The molecule has 0 aliphatic heterocycles. The Balaban J connectivity index is 0.000000126. The molecule has 13 aromatic rings. The fraction of sp³-hybridized carbons (Fsp3) is 0.